The van der Waals surface area contributed by atoms with Gasteiger partial charge in [-0.2, -0.15) is 0 Å². The van der Waals surface area contributed by atoms with Crippen LogP contribution in [0.1, 0.15) is 11.3 Å². The minimum absolute atomic E-state index is 0.695. The molecule has 1 N–H and O–H groups in total. The molecule has 0 unspecified atom stereocenters. The summed E-state index contributed by atoms with van der Waals surface area (Å²) in [5.74, 6) is 0.695. The Bertz CT molecular complexity index is 672. The highest BCUT2D eigenvalue weighted by molar-refractivity contribution is 5.63. The maximum Gasteiger partial charge on any atom is 0.224 e. The zero-order chi connectivity index (χ0) is 13.8. The molecule has 0 aliphatic rings. The van der Waals surface area contributed by atoms with Gasteiger partial charge >= 0.3 is 0 Å². The maximum absolute atomic E-state index is 5.12. The molecule has 0 fully saturated rings. The summed E-state index contributed by atoms with van der Waals surface area (Å²) in [6.07, 6.45) is 0.778. The first-order valence-electron chi connectivity index (χ1n) is 6.63. The lowest BCUT2D eigenvalue weighted by Gasteiger charge is -2.03. The fourth-order valence-corrected chi connectivity index (χ4v) is 2.17. The summed E-state index contributed by atoms with van der Waals surface area (Å²) in [7, 11) is 1.82. The second kappa shape index (κ2) is 5.61. The van der Waals surface area contributed by atoms with Crippen molar-refractivity contribution in [2.24, 2.45) is 0 Å². The molecule has 1 aromatic heterocycles. The number of rotatable bonds is 4. The van der Waals surface area contributed by atoms with E-state index in [1.807, 2.05) is 19.2 Å². The van der Waals surface area contributed by atoms with E-state index in [2.05, 4.69) is 59.0 Å². The number of hydrogen-bond acceptors (Lipinski definition) is 3. The van der Waals surface area contributed by atoms with Crippen LogP contribution in [-0.4, -0.2) is 12.2 Å². The van der Waals surface area contributed by atoms with E-state index in [-0.39, 0.29) is 0 Å². The molecule has 0 saturated heterocycles. The van der Waals surface area contributed by atoms with Gasteiger partial charge in [0.1, 0.15) is 0 Å². The lowest BCUT2D eigenvalue weighted by atomic mass is 10.0. The number of benzene rings is 2. The van der Waals surface area contributed by atoms with Crippen LogP contribution in [0.4, 0.5) is 5.88 Å². The Hall–Kier alpha value is -2.55. The molecule has 3 nitrogen and oxygen atoms in total. The normalized spacial score (nSPS) is 10.4. The van der Waals surface area contributed by atoms with E-state index in [0.29, 0.717) is 5.88 Å². The molecule has 0 aliphatic carbocycles. The Balaban J connectivity index is 1.76. The van der Waals surface area contributed by atoms with Crippen molar-refractivity contribution in [2.45, 2.75) is 6.42 Å². The molecule has 0 amide bonds. The van der Waals surface area contributed by atoms with Crippen LogP contribution in [0.5, 0.6) is 0 Å². The highest BCUT2D eigenvalue weighted by Crippen LogP contribution is 2.20. The van der Waals surface area contributed by atoms with Crippen molar-refractivity contribution in [3.05, 3.63) is 71.9 Å². The van der Waals surface area contributed by atoms with Crippen LogP contribution in [0.15, 0.2) is 65.2 Å². The summed E-state index contributed by atoms with van der Waals surface area (Å²) in [6.45, 7) is 0. The highest BCUT2D eigenvalue weighted by atomic mass is 16.5. The molecule has 3 heteroatoms. The average molecular weight is 264 g/mol. The van der Waals surface area contributed by atoms with Crippen molar-refractivity contribution < 1.29 is 4.52 Å². The molecule has 0 radical (unpaired) electrons. The molecule has 1 heterocycles. The lowest BCUT2D eigenvalue weighted by molar-refractivity contribution is 0.427. The number of hydrogen-bond donors (Lipinski definition) is 1. The Morgan fingerprint density at radius 1 is 0.950 bits per heavy atom. The molecular weight excluding hydrogens is 248 g/mol. The largest absolute Gasteiger partial charge is 0.357 e. The third kappa shape index (κ3) is 2.72. The zero-order valence-electron chi connectivity index (χ0n) is 11.3. The van der Waals surface area contributed by atoms with Gasteiger partial charge in [0.25, 0.3) is 0 Å². The Labute approximate surface area is 118 Å². The fourth-order valence-electron chi connectivity index (χ4n) is 2.17. The van der Waals surface area contributed by atoms with Gasteiger partial charge in [-0.1, -0.05) is 59.8 Å². The van der Waals surface area contributed by atoms with Crippen LogP contribution in [-0.2, 0) is 6.42 Å². The quantitative estimate of drug-likeness (QED) is 0.774. The van der Waals surface area contributed by atoms with Gasteiger partial charge in [-0.15, -0.1) is 0 Å². The first-order valence-corrected chi connectivity index (χ1v) is 6.63. The Morgan fingerprint density at radius 3 is 2.30 bits per heavy atom. The molecule has 3 rings (SSSR count). The summed E-state index contributed by atoms with van der Waals surface area (Å²) >= 11 is 0. The second-order valence-corrected chi connectivity index (χ2v) is 4.67. The van der Waals surface area contributed by atoms with Crippen molar-refractivity contribution in [1.29, 1.82) is 0 Å². The van der Waals surface area contributed by atoms with Crippen molar-refractivity contribution in [1.82, 2.24) is 5.16 Å². The van der Waals surface area contributed by atoms with Crippen molar-refractivity contribution in [2.75, 3.05) is 12.4 Å². The summed E-state index contributed by atoms with van der Waals surface area (Å²) in [5, 5.41) is 6.96. The fraction of sp³-hybridized carbons (Fsp3) is 0.118. The molecule has 3 aromatic rings. The number of nitrogens with one attached hydrogen (secondary N) is 1. The standard InChI is InChI=1S/C17H16N2O/c1-18-17-12-16(19-20-17)11-13-7-9-15(10-8-13)14-5-3-2-4-6-14/h2-10,12,18H,11H2,1H3. The van der Waals surface area contributed by atoms with Gasteiger partial charge in [0, 0.05) is 19.5 Å². The van der Waals surface area contributed by atoms with Crippen molar-refractivity contribution >= 4 is 5.88 Å². The summed E-state index contributed by atoms with van der Waals surface area (Å²) in [4.78, 5) is 0. The van der Waals surface area contributed by atoms with E-state index in [0.717, 1.165) is 12.1 Å². The van der Waals surface area contributed by atoms with Gasteiger partial charge in [-0.25, -0.2) is 0 Å². The van der Waals surface area contributed by atoms with E-state index >= 15 is 0 Å². The van der Waals surface area contributed by atoms with E-state index in [4.69, 9.17) is 4.52 Å². The highest BCUT2D eigenvalue weighted by Gasteiger charge is 2.04. The van der Waals surface area contributed by atoms with Crippen LogP contribution in [0.25, 0.3) is 11.1 Å². The van der Waals surface area contributed by atoms with Gasteiger partial charge < -0.3 is 9.84 Å². The van der Waals surface area contributed by atoms with Crippen molar-refractivity contribution in [3.63, 3.8) is 0 Å². The smallest absolute Gasteiger partial charge is 0.224 e. The molecular formula is C17H16N2O. The number of anilines is 1. The topological polar surface area (TPSA) is 38.1 Å². The van der Waals surface area contributed by atoms with Gasteiger partial charge in [-0.05, 0) is 16.7 Å². The minimum Gasteiger partial charge on any atom is -0.357 e. The van der Waals surface area contributed by atoms with E-state index in [1.54, 1.807) is 0 Å². The molecule has 100 valence electrons. The average Bonchev–Trinajstić information content (AvgIpc) is 2.97. The number of nitrogens with zero attached hydrogens (tertiary/aromatic N) is 1. The molecule has 2 aromatic carbocycles. The zero-order valence-corrected chi connectivity index (χ0v) is 11.3. The number of aromatic nitrogens is 1. The molecule has 0 spiro atoms. The maximum atomic E-state index is 5.12. The van der Waals surface area contributed by atoms with Crippen LogP contribution >= 0.6 is 0 Å². The third-order valence-corrected chi connectivity index (χ3v) is 3.25. The first kappa shape index (κ1) is 12.5. The van der Waals surface area contributed by atoms with Crippen LogP contribution < -0.4 is 5.32 Å². The monoisotopic (exact) mass is 264 g/mol. The van der Waals surface area contributed by atoms with Gasteiger partial charge in [0.2, 0.25) is 5.88 Å². The SMILES string of the molecule is CNc1cc(Cc2ccc(-c3ccccc3)cc2)no1. The lowest BCUT2D eigenvalue weighted by Crippen LogP contribution is -1.88. The van der Waals surface area contributed by atoms with Gasteiger partial charge in [-0.3, -0.25) is 0 Å². The van der Waals surface area contributed by atoms with Crippen LogP contribution in [0.2, 0.25) is 0 Å². The van der Waals surface area contributed by atoms with E-state index in [1.165, 1.54) is 16.7 Å². The van der Waals surface area contributed by atoms with Gasteiger partial charge in [0.15, 0.2) is 0 Å². The first-order chi connectivity index (χ1) is 9.85. The molecule has 20 heavy (non-hydrogen) atoms. The Morgan fingerprint density at radius 2 is 1.65 bits per heavy atom. The van der Waals surface area contributed by atoms with E-state index < -0.39 is 0 Å². The second-order valence-electron chi connectivity index (χ2n) is 4.67. The minimum atomic E-state index is 0.695. The summed E-state index contributed by atoms with van der Waals surface area (Å²) < 4.78 is 5.12. The van der Waals surface area contributed by atoms with Crippen LogP contribution in [0, 0.1) is 0 Å². The van der Waals surface area contributed by atoms with E-state index in [9.17, 15) is 0 Å². The van der Waals surface area contributed by atoms with Crippen molar-refractivity contribution in [3.8, 4) is 11.1 Å². The molecule has 0 atom stereocenters. The summed E-state index contributed by atoms with van der Waals surface area (Å²) in [6, 6.07) is 20.8. The Kier molecular flexibility index (Phi) is 3.50. The predicted molar refractivity (Wildman–Crippen MR) is 80.7 cm³/mol. The molecule has 0 aliphatic heterocycles. The van der Waals surface area contributed by atoms with Crippen LogP contribution in [0.3, 0.4) is 0 Å². The molecule has 0 saturated carbocycles. The third-order valence-electron chi connectivity index (χ3n) is 3.25. The van der Waals surface area contributed by atoms with Gasteiger partial charge in [0.05, 0.1) is 5.69 Å². The predicted octanol–water partition coefficient (Wildman–Crippen LogP) is 3.97. The molecule has 0 bridgehead atoms. The summed E-state index contributed by atoms with van der Waals surface area (Å²) in [5.41, 5.74) is 4.62.